The molecule has 4 rings (SSSR count). The van der Waals surface area contributed by atoms with Crippen LogP contribution in [0.2, 0.25) is 0 Å². The molecular formula is C26H33N3O3S. The zero-order chi connectivity index (χ0) is 23.3. The molecule has 1 atom stereocenters. The number of fused-ring (bicyclic) bond motifs is 1. The molecule has 1 aliphatic rings. The number of aromatic nitrogens is 1. The van der Waals surface area contributed by atoms with Crippen LogP contribution in [0.25, 0.3) is 10.9 Å². The van der Waals surface area contributed by atoms with Gasteiger partial charge in [0.1, 0.15) is 6.04 Å². The van der Waals surface area contributed by atoms with Crippen molar-refractivity contribution in [2.24, 2.45) is 0 Å². The maximum atomic E-state index is 13.1. The first-order valence-corrected chi connectivity index (χ1v) is 13.3. The lowest BCUT2D eigenvalue weighted by atomic mass is 10.1. The molecule has 0 saturated carbocycles. The van der Waals surface area contributed by atoms with Crippen LogP contribution in [-0.4, -0.2) is 42.8 Å². The fraction of sp³-hybridized carbons (Fsp3) is 0.423. The van der Waals surface area contributed by atoms with E-state index in [9.17, 15) is 13.2 Å². The predicted molar refractivity (Wildman–Crippen MR) is 132 cm³/mol. The second-order valence-corrected chi connectivity index (χ2v) is 10.8. The van der Waals surface area contributed by atoms with Crippen LogP contribution in [-0.2, 0) is 21.2 Å². The van der Waals surface area contributed by atoms with Gasteiger partial charge in [-0.05, 0) is 62.4 Å². The third-order valence-corrected chi connectivity index (χ3v) is 8.37. The molecule has 2 heterocycles. The smallest absolute Gasteiger partial charge is 0.243 e. The maximum absolute atomic E-state index is 13.1. The largest absolute Gasteiger partial charge is 0.354 e. The summed E-state index contributed by atoms with van der Waals surface area (Å²) < 4.78 is 29.8. The number of sulfonamides is 1. The molecule has 0 aliphatic carbocycles. The molecule has 7 heteroatoms. The van der Waals surface area contributed by atoms with Gasteiger partial charge in [0, 0.05) is 36.7 Å². The van der Waals surface area contributed by atoms with Crippen LogP contribution in [0.1, 0.15) is 50.6 Å². The van der Waals surface area contributed by atoms with Gasteiger partial charge in [-0.1, -0.05) is 43.2 Å². The topological polar surface area (TPSA) is 71.4 Å². The van der Waals surface area contributed by atoms with E-state index in [1.54, 1.807) is 16.4 Å². The van der Waals surface area contributed by atoms with Crippen molar-refractivity contribution < 1.29 is 13.2 Å². The second kappa shape index (κ2) is 10.5. The summed E-state index contributed by atoms with van der Waals surface area (Å²) in [5.74, 6) is -0.0400. The summed E-state index contributed by atoms with van der Waals surface area (Å²) in [4.78, 5) is 13.1. The highest BCUT2D eigenvalue weighted by atomic mass is 32.2. The number of hydrogen-bond donors (Lipinski definition) is 1. The van der Waals surface area contributed by atoms with Gasteiger partial charge in [-0.2, -0.15) is 4.31 Å². The van der Waals surface area contributed by atoms with Gasteiger partial charge in [-0.3, -0.25) is 4.79 Å². The quantitative estimate of drug-likeness (QED) is 0.495. The Hall–Kier alpha value is -2.64. The number of rotatable bonds is 8. The minimum atomic E-state index is -3.50. The molecule has 3 aromatic rings. The summed E-state index contributed by atoms with van der Waals surface area (Å²) in [6, 6.07) is 17.0. The predicted octanol–water partition coefficient (Wildman–Crippen LogP) is 4.52. The summed E-state index contributed by atoms with van der Waals surface area (Å²) in [5, 5.41) is 3.86. The van der Waals surface area contributed by atoms with Gasteiger partial charge in [0.25, 0.3) is 0 Å². The Balaban J connectivity index is 1.41. The molecule has 0 unspecified atom stereocenters. The van der Waals surface area contributed by atoms with Crippen molar-refractivity contribution in [3.8, 4) is 0 Å². The summed E-state index contributed by atoms with van der Waals surface area (Å²) >= 11 is 0. The molecule has 0 spiro atoms. The Bertz CT molecular complexity index is 1180. The molecule has 0 bridgehead atoms. The van der Waals surface area contributed by atoms with Crippen molar-refractivity contribution in [3.63, 3.8) is 0 Å². The van der Waals surface area contributed by atoms with E-state index in [-0.39, 0.29) is 11.9 Å². The number of nitrogens with one attached hydrogen (secondary N) is 1. The van der Waals surface area contributed by atoms with Gasteiger partial charge in [0.15, 0.2) is 0 Å². The third kappa shape index (κ3) is 5.47. The second-order valence-electron chi connectivity index (χ2n) is 8.82. The SMILES string of the molecule is C[C@H](C(=O)NCCCc1ccccc1)n1ccc2cc(S(=O)(=O)N3CCCCCC3)ccc21. The fourth-order valence-electron chi connectivity index (χ4n) is 4.49. The summed E-state index contributed by atoms with van der Waals surface area (Å²) in [5.41, 5.74) is 2.12. The molecule has 1 N–H and O–H groups in total. The zero-order valence-corrected chi connectivity index (χ0v) is 20.1. The van der Waals surface area contributed by atoms with E-state index in [1.807, 2.05) is 48.0 Å². The minimum Gasteiger partial charge on any atom is -0.354 e. The number of carbonyl (C=O) groups excluding carboxylic acids is 1. The van der Waals surface area contributed by atoms with Crippen molar-refractivity contribution in [2.45, 2.75) is 56.4 Å². The van der Waals surface area contributed by atoms with Gasteiger partial charge in [-0.15, -0.1) is 0 Å². The molecule has 0 radical (unpaired) electrons. The number of amides is 1. The van der Waals surface area contributed by atoms with Crippen LogP contribution in [0, 0.1) is 0 Å². The Morgan fingerprint density at radius 1 is 1.00 bits per heavy atom. The van der Waals surface area contributed by atoms with Crippen LogP contribution in [0.3, 0.4) is 0 Å². The highest BCUT2D eigenvalue weighted by molar-refractivity contribution is 7.89. The molecule has 33 heavy (non-hydrogen) atoms. The average molecular weight is 468 g/mol. The number of hydrogen-bond acceptors (Lipinski definition) is 3. The highest BCUT2D eigenvalue weighted by Crippen LogP contribution is 2.26. The first-order chi connectivity index (χ1) is 16.0. The molecule has 1 aliphatic heterocycles. The van der Waals surface area contributed by atoms with Crippen molar-refractivity contribution >= 4 is 26.8 Å². The highest BCUT2D eigenvalue weighted by Gasteiger charge is 2.26. The molecule has 1 saturated heterocycles. The number of carbonyl (C=O) groups is 1. The van der Waals surface area contributed by atoms with E-state index in [2.05, 4.69) is 17.4 Å². The van der Waals surface area contributed by atoms with Gasteiger partial charge < -0.3 is 9.88 Å². The summed E-state index contributed by atoms with van der Waals surface area (Å²) in [6.07, 6.45) is 7.66. The maximum Gasteiger partial charge on any atom is 0.243 e. The first kappa shape index (κ1) is 23.5. The lowest BCUT2D eigenvalue weighted by Gasteiger charge is -2.20. The van der Waals surface area contributed by atoms with Crippen molar-refractivity contribution in [3.05, 3.63) is 66.4 Å². The Kier molecular flexibility index (Phi) is 7.50. The minimum absolute atomic E-state index is 0.0400. The van der Waals surface area contributed by atoms with E-state index >= 15 is 0 Å². The Labute approximate surface area is 196 Å². The van der Waals surface area contributed by atoms with E-state index < -0.39 is 10.0 Å². The van der Waals surface area contributed by atoms with E-state index in [0.717, 1.165) is 49.4 Å². The van der Waals surface area contributed by atoms with Crippen molar-refractivity contribution in [1.82, 2.24) is 14.2 Å². The van der Waals surface area contributed by atoms with E-state index in [4.69, 9.17) is 0 Å². The van der Waals surface area contributed by atoms with E-state index in [1.165, 1.54) is 5.56 Å². The Morgan fingerprint density at radius 3 is 2.45 bits per heavy atom. The molecule has 6 nitrogen and oxygen atoms in total. The molecular weight excluding hydrogens is 434 g/mol. The number of nitrogens with zero attached hydrogens (tertiary/aromatic N) is 2. The molecule has 1 aromatic heterocycles. The normalized spacial score (nSPS) is 16.4. The average Bonchev–Trinajstić information content (AvgIpc) is 3.05. The van der Waals surface area contributed by atoms with Crippen LogP contribution in [0.4, 0.5) is 0 Å². The fourth-order valence-corrected chi connectivity index (χ4v) is 6.05. The van der Waals surface area contributed by atoms with Gasteiger partial charge in [-0.25, -0.2) is 8.42 Å². The van der Waals surface area contributed by atoms with Crippen LogP contribution < -0.4 is 5.32 Å². The standard InChI is InChI=1S/C26H33N3O3S/c1-21(26(30)27-16-9-12-22-10-5-4-6-11-22)29-19-15-23-20-24(13-14-25(23)29)33(31,32)28-17-7-2-3-8-18-28/h4-6,10-11,13-15,19-21H,2-3,7-9,12,16-18H2,1H3,(H,27,30)/t21-/m1/s1. The molecule has 1 amide bonds. The monoisotopic (exact) mass is 467 g/mol. The van der Waals surface area contributed by atoms with Gasteiger partial charge >= 0.3 is 0 Å². The van der Waals surface area contributed by atoms with Crippen LogP contribution >= 0.6 is 0 Å². The lowest BCUT2D eigenvalue weighted by molar-refractivity contribution is -0.123. The van der Waals surface area contributed by atoms with E-state index in [0.29, 0.717) is 24.5 Å². The molecule has 2 aromatic carbocycles. The summed E-state index contributed by atoms with van der Waals surface area (Å²) in [6.45, 7) is 3.66. The van der Waals surface area contributed by atoms with Crippen molar-refractivity contribution in [1.29, 1.82) is 0 Å². The third-order valence-electron chi connectivity index (χ3n) is 6.48. The van der Waals surface area contributed by atoms with Crippen LogP contribution in [0.15, 0.2) is 65.7 Å². The lowest BCUT2D eigenvalue weighted by Crippen LogP contribution is -2.32. The Morgan fingerprint density at radius 2 is 1.73 bits per heavy atom. The zero-order valence-electron chi connectivity index (χ0n) is 19.2. The first-order valence-electron chi connectivity index (χ1n) is 11.9. The number of benzene rings is 2. The molecule has 176 valence electrons. The summed E-state index contributed by atoms with van der Waals surface area (Å²) in [7, 11) is -3.50. The van der Waals surface area contributed by atoms with Gasteiger partial charge in [0.2, 0.25) is 15.9 Å². The number of aryl methyl sites for hydroxylation is 1. The van der Waals surface area contributed by atoms with Crippen LogP contribution in [0.5, 0.6) is 0 Å². The van der Waals surface area contributed by atoms with Crippen molar-refractivity contribution in [2.75, 3.05) is 19.6 Å². The van der Waals surface area contributed by atoms with Gasteiger partial charge in [0.05, 0.1) is 4.90 Å². The molecule has 1 fully saturated rings.